The summed E-state index contributed by atoms with van der Waals surface area (Å²) >= 11 is 6.49. The van der Waals surface area contributed by atoms with Gasteiger partial charge in [0.2, 0.25) is 17.8 Å². The fraction of sp³-hybridized carbons (Fsp3) is 0.457. The first-order chi connectivity index (χ1) is 21.7. The predicted molar refractivity (Wildman–Crippen MR) is 180 cm³/mol. The lowest BCUT2D eigenvalue weighted by atomic mass is 9.82. The van der Waals surface area contributed by atoms with Crippen LogP contribution in [0.5, 0.6) is 0 Å². The largest absolute Gasteiger partial charge is 0.444 e. The molecule has 2 aromatic carbocycles. The van der Waals surface area contributed by atoms with Crippen molar-refractivity contribution in [3.63, 3.8) is 0 Å². The number of rotatable bonds is 8. The highest BCUT2D eigenvalue weighted by Gasteiger charge is 2.39. The van der Waals surface area contributed by atoms with Crippen molar-refractivity contribution in [2.75, 3.05) is 37.3 Å². The van der Waals surface area contributed by atoms with E-state index in [1.165, 1.54) is 10.5 Å². The van der Waals surface area contributed by atoms with E-state index in [0.29, 0.717) is 42.8 Å². The fourth-order valence-corrected chi connectivity index (χ4v) is 6.26. The lowest BCUT2D eigenvalue weighted by molar-refractivity contribution is -0.133. The monoisotopic (exact) mass is 646 g/mol. The number of benzene rings is 2. The summed E-state index contributed by atoms with van der Waals surface area (Å²) in [5.41, 5.74) is 4.63. The minimum absolute atomic E-state index is 0.000675. The van der Waals surface area contributed by atoms with Crippen LogP contribution in [0.4, 0.5) is 22.1 Å². The number of aryl methyl sites for hydroxylation is 2. The molecule has 1 fully saturated rings. The molecule has 2 aliphatic rings. The number of likely N-dealkylation sites (N-methyl/N-ethyl adjacent to an activating group) is 1. The van der Waals surface area contributed by atoms with Gasteiger partial charge in [-0.05, 0) is 101 Å². The van der Waals surface area contributed by atoms with Gasteiger partial charge >= 0.3 is 6.09 Å². The van der Waals surface area contributed by atoms with E-state index in [4.69, 9.17) is 21.3 Å². The number of carbonyl (C=O) groups excluding carboxylic acids is 3. The van der Waals surface area contributed by atoms with Crippen molar-refractivity contribution in [2.24, 2.45) is 0 Å². The molecule has 3 amide bonds. The van der Waals surface area contributed by atoms with Crippen LogP contribution < -0.4 is 10.6 Å². The maximum absolute atomic E-state index is 12.8. The van der Waals surface area contributed by atoms with E-state index in [-0.39, 0.29) is 18.4 Å². The highest BCUT2D eigenvalue weighted by atomic mass is 35.5. The van der Waals surface area contributed by atoms with Crippen LogP contribution in [-0.2, 0) is 32.6 Å². The molecule has 0 spiro atoms. The molecule has 5 rings (SSSR count). The Morgan fingerprint density at radius 2 is 1.80 bits per heavy atom. The van der Waals surface area contributed by atoms with Crippen molar-refractivity contribution >= 4 is 46.8 Å². The van der Waals surface area contributed by atoms with Crippen molar-refractivity contribution in [2.45, 2.75) is 77.2 Å². The zero-order valence-electron chi connectivity index (χ0n) is 27.4. The van der Waals surface area contributed by atoms with Crippen LogP contribution in [0.3, 0.4) is 0 Å². The molecular weight excluding hydrogens is 604 g/mol. The smallest absolute Gasteiger partial charge is 0.410 e. The van der Waals surface area contributed by atoms with E-state index >= 15 is 0 Å². The molecule has 46 heavy (non-hydrogen) atoms. The number of carbonyl (C=O) groups is 3. The Balaban J connectivity index is 1.14. The zero-order chi connectivity index (χ0) is 33.2. The van der Waals surface area contributed by atoms with Gasteiger partial charge in [-0.25, -0.2) is 14.8 Å². The van der Waals surface area contributed by atoms with E-state index in [0.717, 1.165) is 41.0 Å². The van der Waals surface area contributed by atoms with Gasteiger partial charge in [-0.3, -0.25) is 9.59 Å². The Bertz CT molecular complexity index is 1610. The topological polar surface area (TPSA) is 117 Å². The fourth-order valence-electron chi connectivity index (χ4n) is 6.07. The van der Waals surface area contributed by atoms with E-state index in [2.05, 4.69) is 33.8 Å². The minimum atomic E-state index is -0.606. The normalized spacial score (nSPS) is 16.1. The molecule has 2 aliphatic heterocycles. The Hall–Kier alpha value is -4.18. The molecule has 3 heterocycles. The number of anilines is 3. The highest BCUT2D eigenvalue weighted by Crippen LogP contribution is 2.40. The summed E-state index contributed by atoms with van der Waals surface area (Å²) in [7, 11) is 1.59. The maximum Gasteiger partial charge on any atom is 0.410 e. The van der Waals surface area contributed by atoms with Gasteiger partial charge in [-0.1, -0.05) is 35.9 Å². The van der Waals surface area contributed by atoms with Crippen LogP contribution in [-0.4, -0.2) is 70.0 Å². The number of hydrogen-bond acceptors (Lipinski definition) is 7. The third kappa shape index (κ3) is 7.61. The second-order valence-electron chi connectivity index (χ2n) is 13.6. The number of halogens is 1. The number of hydrogen-bond donors (Lipinski definition) is 2. The van der Waals surface area contributed by atoms with Gasteiger partial charge in [-0.15, -0.1) is 0 Å². The van der Waals surface area contributed by atoms with Gasteiger partial charge in [0, 0.05) is 31.5 Å². The molecule has 3 aromatic rings. The average molecular weight is 647 g/mol. The Morgan fingerprint density at radius 1 is 1.11 bits per heavy atom. The summed E-state index contributed by atoms with van der Waals surface area (Å²) < 4.78 is 5.36. The van der Waals surface area contributed by atoms with Crippen molar-refractivity contribution < 1.29 is 19.1 Å². The van der Waals surface area contributed by atoms with Crippen LogP contribution in [0.1, 0.15) is 75.8 Å². The predicted octanol–water partition coefficient (Wildman–Crippen LogP) is 6.46. The standard InChI is InChI=1S/C35H43ClN6O4/c1-34(2,3)46-33(45)41(6)21-29(43)42-18-16-23(17-19-42)22-10-13-25(14-11-22)38-32-37-20-26(36)27(40-32)15-12-24-8-7-9-28-30(24)35(4,5)31(44)39-28/h7-11,13-14,20,23H,12,15-19,21H2,1-6H3,(H,39,44)(H,37,38,40). The van der Waals surface area contributed by atoms with Crippen molar-refractivity contribution in [1.29, 1.82) is 0 Å². The summed E-state index contributed by atoms with van der Waals surface area (Å²) in [5.74, 6) is 0.742. The molecule has 1 aromatic heterocycles. The molecule has 0 aliphatic carbocycles. The van der Waals surface area contributed by atoms with Gasteiger partial charge in [0.25, 0.3) is 0 Å². The summed E-state index contributed by atoms with van der Waals surface area (Å²) in [6, 6.07) is 14.2. The van der Waals surface area contributed by atoms with Gasteiger partial charge in [0.1, 0.15) is 12.1 Å². The van der Waals surface area contributed by atoms with Crippen LogP contribution in [0, 0.1) is 0 Å². The van der Waals surface area contributed by atoms with E-state index in [1.807, 2.05) is 43.0 Å². The van der Waals surface area contributed by atoms with Crippen LogP contribution in [0.15, 0.2) is 48.7 Å². The lowest BCUT2D eigenvalue weighted by Gasteiger charge is -2.33. The molecule has 0 saturated carbocycles. The van der Waals surface area contributed by atoms with Crippen LogP contribution >= 0.6 is 11.6 Å². The third-order valence-electron chi connectivity index (χ3n) is 8.60. The number of likely N-dealkylation sites (tertiary alicyclic amines) is 1. The summed E-state index contributed by atoms with van der Waals surface area (Å²) in [4.78, 5) is 49.8. The van der Waals surface area contributed by atoms with Crippen molar-refractivity contribution in [3.8, 4) is 0 Å². The number of piperidine rings is 1. The Labute approximate surface area is 275 Å². The number of ether oxygens (including phenoxy) is 1. The SMILES string of the molecule is CN(CC(=O)N1CCC(c2ccc(Nc3ncc(Cl)c(CCc4cccc5c4C(C)(C)C(=O)N5)n3)cc2)CC1)C(=O)OC(C)(C)C. The molecule has 0 unspecified atom stereocenters. The molecule has 2 N–H and O–H groups in total. The average Bonchev–Trinajstić information content (AvgIpc) is 3.24. The summed E-state index contributed by atoms with van der Waals surface area (Å²) in [6.45, 7) is 10.6. The molecule has 0 atom stereocenters. The Kier molecular flexibility index (Phi) is 9.58. The maximum atomic E-state index is 12.8. The quantitative estimate of drug-likeness (QED) is 0.288. The van der Waals surface area contributed by atoms with Gasteiger partial charge in [0.05, 0.1) is 22.3 Å². The lowest BCUT2D eigenvalue weighted by Crippen LogP contribution is -2.45. The number of nitrogens with one attached hydrogen (secondary N) is 2. The van der Waals surface area contributed by atoms with Crippen molar-refractivity contribution in [1.82, 2.24) is 19.8 Å². The number of nitrogens with zero attached hydrogens (tertiary/aromatic N) is 4. The van der Waals surface area contributed by atoms with Gasteiger partial charge in [-0.2, -0.15) is 0 Å². The molecule has 11 heteroatoms. The molecule has 1 saturated heterocycles. The highest BCUT2D eigenvalue weighted by molar-refractivity contribution is 6.31. The molecule has 0 bridgehead atoms. The second kappa shape index (κ2) is 13.3. The first-order valence-electron chi connectivity index (χ1n) is 15.8. The summed E-state index contributed by atoms with van der Waals surface area (Å²) in [5, 5.41) is 6.78. The van der Waals surface area contributed by atoms with Crippen LogP contribution in [0.25, 0.3) is 0 Å². The summed E-state index contributed by atoms with van der Waals surface area (Å²) in [6.07, 6.45) is 4.12. The third-order valence-corrected chi connectivity index (χ3v) is 8.92. The van der Waals surface area contributed by atoms with Crippen molar-refractivity contribution in [3.05, 3.63) is 76.1 Å². The minimum Gasteiger partial charge on any atom is -0.444 e. The first kappa shape index (κ1) is 33.2. The number of amides is 3. The van der Waals surface area contributed by atoms with E-state index in [9.17, 15) is 14.4 Å². The Morgan fingerprint density at radius 3 is 2.48 bits per heavy atom. The van der Waals surface area contributed by atoms with Gasteiger partial charge < -0.3 is 25.2 Å². The number of aromatic nitrogens is 2. The first-order valence-corrected chi connectivity index (χ1v) is 16.1. The second-order valence-corrected chi connectivity index (χ2v) is 14.1. The molecule has 0 radical (unpaired) electrons. The van der Waals surface area contributed by atoms with Gasteiger partial charge in [0.15, 0.2) is 0 Å². The van der Waals surface area contributed by atoms with E-state index in [1.54, 1.807) is 34.0 Å². The molecular formula is C35H43ClN6O4. The zero-order valence-corrected chi connectivity index (χ0v) is 28.2. The number of fused-ring (bicyclic) bond motifs is 1. The molecule has 244 valence electrons. The molecule has 10 nitrogen and oxygen atoms in total. The van der Waals surface area contributed by atoms with Crippen LogP contribution in [0.2, 0.25) is 5.02 Å². The van der Waals surface area contributed by atoms with E-state index < -0.39 is 17.1 Å².